The molecule has 0 unspecified atom stereocenters. The number of aromatic amines is 2. The van der Waals surface area contributed by atoms with E-state index in [-0.39, 0.29) is 6.42 Å². The monoisotopic (exact) mass is 406 g/mol. The Morgan fingerprint density at radius 3 is 2.50 bits per heavy atom. The Hall–Kier alpha value is -3.05. The quantitative estimate of drug-likeness (QED) is 0.503. The summed E-state index contributed by atoms with van der Waals surface area (Å²) in [7, 11) is 6.66. The van der Waals surface area contributed by atoms with E-state index in [4.69, 9.17) is 5.11 Å². The highest BCUT2D eigenvalue weighted by Crippen LogP contribution is 2.23. The van der Waals surface area contributed by atoms with Gasteiger partial charge in [-0.1, -0.05) is 30.3 Å². The van der Waals surface area contributed by atoms with E-state index in [1.807, 2.05) is 19.1 Å². The number of H-pyrrole nitrogens is 2. The summed E-state index contributed by atoms with van der Waals surface area (Å²) >= 11 is 0. The predicted molar refractivity (Wildman–Crippen MR) is 123 cm³/mol. The molecule has 3 N–H and O–H groups in total. The van der Waals surface area contributed by atoms with Crippen LogP contribution in [0.25, 0.3) is 23.4 Å². The number of carboxylic acid groups (broad SMARTS) is 1. The third-order valence-corrected chi connectivity index (χ3v) is 5.15. The van der Waals surface area contributed by atoms with E-state index in [1.165, 1.54) is 11.1 Å². The second kappa shape index (κ2) is 9.18. The second-order valence-electron chi connectivity index (χ2n) is 8.87. The Bertz CT molecular complexity index is 1120. The summed E-state index contributed by atoms with van der Waals surface area (Å²) in [4.78, 5) is 17.8. The number of hydrogen-bond donors (Lipinski definition) is 3. The number of aromatic nitrogens is 2. The molecule has 0 radical (unpaired) electrons. The number of quaternary nitrogens is 1. The molecule has 0 saturated carbocycles. The lowest BCUT2D eigenvalue weighted by Crippen LogP contribution is -2.35. The first-order chi connectivity index (χ1) is 14.2. The van der Waals surface area contributed by atoms with Crippen molar-refractivity contribution >= 4 is 18.1 Å². The minimum atomic E-state index is -0.829. The van der Waals surface area contributed by atoms with E-state index >= 15 is 0 Å². The molecular weight excluding hydrogens is 374 g/mol. The molecule has 2 aromatic heterocycles. The number of carbonyl (C=O) groups is 1. The van der Waals surface area contributed by atoms with Crippen LogP contribution >= 0.6 is 0 Å². The molecule has 3 rings (SSSR count). The van der Waals surface area contributed by atoms with Crippen molar-refractivity contribution < 1.29 is 14.4 Å². The minimum Gasteiger partial charge on any atom is -0.481 e. The van der Waals surface area contributed by atoms with Crippen LogP contribution in [0.5, 0.6) is 0 Å². The van der Waals surface area contributed by atoms with E-state index in [1.54, 1.807) is 6.08 Å². The van der Waals surface area contributed by atoms with Gasteiger partial charge in [0.15, 0.2) is 0 Å². The highest BCUT2D eigenvalue weighted by molar-refractivity contribution is 5.73. The third kappa shape index (κ3) is 5.97. The molecule has 0 aliphatic carbocycles. The summed E-state index contributed by atoms with van der Waals surface area (Å²) in [5.74, 6) is -0.829. The van der Waals surface area contributed by atoms with Crippen molar-refractivity contribution in [3.05, 3.63) is 70.0 Å². The van der Waals surface area contributed by atoms with Gasteiger partial charge < -0.3 is 19.6 Å². The van der Waals surface area contributed by atoms with Gasteiger partial charge in [-0.25, -0.2) is 0 Å². The van der Waals surface area contributed by atoms with Crippen molar-refractivity contribution in [2.45, 2.75) is 26.2 Å². The van der Waals surface area contributed by atoms with Crippen molar-refractivity contribution in [1.29, 1.82) is 0 Å². The van der Waals surface area contributed by atoms with Crippen LogP contribution in [0, 0.1) is 6.92 Å². The summed E-state index contributed by atoms with van der Waals surface area (Å²) in [5.41, 5.74) is 5.78. The summed E-state index contributed by atoms with van der Waals surface area (Å²) in [6.07, 6.45) is 5.97. The van der Waals surface area contributed by atoms with Crippen LogP contribution in [-0.4, -0.2) is 53.2 Å². The Labute approximate surface area is 178 Å². The van der Waals surface area contributed by atoms with E-state index in [0.717, 1.165) is 51.5 Å². The van der Waals surface area contributed by atoms with Gasteiger partial charge in [0.25, 0.3) is 0 Å². The summed E-state index contributed by atoms with van der Waals surface area (Å²) in [6.45, 7) is 3.15. The van der Waals surface area contributed by atoms with Gasteiger partial charge in [0.05, 0.1) is 34.1 Å². The fourth-order valence-electron chi connectivity index (χ4n) is 3.57. The van der Waals surface area contributed by atoms with Crippen LogP contribution in [0.1, 0.15) is 29.7 Å². The summed E-state index contributed by atoms with van der Waals surface area (Å²) < 4.78 is 0.952. The van der Waals surface area contributed by atoms with Gasteiger partial charge in [-0.05, 0) is 54.3 Å². The molecule has 0 aliphatic rings. The largest absolute Gasteiger partial charge is 0.481 e. The Kier molecular flexibility index (Phi) is 6.63. The topological polar surface area (TPSA) is 68.9 Å². The van der Waals surface area contributed by atoms with Crippen molar-refractivity contribution in [2.24, 2.45) is 0 Å². The first-order valence-electron chi connectivity index (χ1n) is 10.4. The van der Waals surface area contributed by atoms with Gasteiger partial charge in [0.1, 0.15) is 0 Å². The predicted octanol–water partition coefficient (Wildman–Crippen LogP) is 3.04. The number of aryl methyl sites for hydroxylation is 2. The minimum absolute atomic E-state index is 0.0103. The first kappa shape index (κ1) is 21.7. The van der Waals surface area contributed by atoms with Crippen LogP contribution in [0.3, 0.4) is 0 Å². The molecule has 0 atom stereocenters. The van der Waals surface area contributed by atoms with E-state index in [2.05, 4.69) is 67.5 Å². The fourth-order valence-corrected chi connectivity index (χ4v) is 3.57. The first-order valence-corrected chi connectivity index (χ1v) is 10.4. The lowest BCUT2D eigenvalue weighted by atomic mass is 10.1. The highest BCUT2D eigenvalue weighted by atomic mass is 16.4. The van der Waals surface area contributed by atoms with Crippen molar-refractivity contribution in [1.82, 2.24) is 9.97 Å². The molecule has 0 bridgehead atoms. The molecular formula is C25H32N3O2+. The van der Waals surface area contributed by atoms with Gasteiger partial charge in [-0.2, -0.15) is 0 Å². The zero-order chi connectivity index (χ0) is 21.7. The third-order valence-electron chi connectivity index (χ3n) is 5.15. The molecule has 158 valence electrons. The van der Waals surface area contributed by atoms with Gasteiger partial charge in [-0.15, -0.1) is 0 Å². The van der Waals surface area contributed by atoms with E-state index in [0.29, 0.717) is 0 Å². The second-order valence-corrected chi connectivity index (χ2v) is 8.87. The molecule has 3 aromatic rings. The van der Waals surface area contributed by atoms with Gasteiger partial charge >= 0.3 is 5.97 Å². The smallest absolute Gasteiger partial charge is 0.307 e. The number of benzene rings is 1. The Balaban J connectivity index is 1.98. The number of aliphatic carboxylic acids is 1. The Morgan fingerprint density at radius 1 is 1.10 bits per heavy atom. The number of hydrogen-bond acceptors (Lipinski definition) is 1. The number of nitrogens with zero attached hydrogens (tertiary/aromatic N) is 1. The maximum atomic E-state index is 10.8. The van der Waals surface area contributed by atoms with Gasteiger partial charge in [-0.3, -0.25) is 4.79 Å². The number of nitrogens with one attached hydrogen (secondary N) is 2. The Morgan fingerprint density at radius 2 is 1.83 bits per heavy atom. The average molecular weight is 407 g/mol. The maximum Gasteiger partial charge on any atom is 0.307 e. The molecule has 0 fully saturated rings. The van der Waals surface area contributed by atoms with Crippen LogP contribution in [0.15, 0.2) is 42.5 Å². The lowest BCUT2D eigenvalue weighted by molar-refractivity contribution is -0.870. The molecule has 5 nitrogen and oxygen atoms in total. The van der Waals surface area contributed by atoms with Crippen molar-refractivity contribution in [3.8, 4) is 11.3 Å². The normalized spacial score (nSPS) is 13.2. The molecule has 0 spiro atoms. The van der Waals surface area contributed by atoms with E-state index in [9.17, 15) is 4.79 Å². The lowest BCUT2D eigenvalue weighted by Gasteiger charge is -2.23. The standard InChI is InChI=1S/C25H31N3O2/c1-18-15-21(12-13-25(29)30)26-22(18)17-24-20(11-8-14-28(2,3)4)16-23(27-24)19-9-6-5-7-10-19/h5-7,9-10,12,15-17,26-27H,8,11,13-14H2,1-4H3/p+1. The van der Waals surface area contributed by atoms with Crippen LogP contribution < -0.4 is 10.7 Å². The van der Waals surface area contributed by atoms with Crippen LogP contribution in [0.4, 0.5) is 0 Å². The summed E-state index contributed by atoms with van der Waals surface area (Å²) in [6, 6.07) is 14.6. The van der Waals surface area contributed by atoms with E-state index < -0.39 is 5.97 Å². The molecule has 1 aromatic carbocycles. The molecule has 2 heterocycles. The molecule has 0 saturated heterocycles. The molecule has 30 heavy (non-hydrogen) atoms. The number of rotatable bonds is 8. The van der Waals surface area contributed by atoms with Crippen LogP contribution in [0.2, 0.25) is 0 Å². The zero-order valence-electron chi connectivity index (χ0n) is 18.3. The zero-order valence-corrected chi connectivity index (χ0v) is 18.3. The maximum absolute atomic E-state index is 10.8. The van der Waals surface area contributed by atoms with Gasteiger partial charge in [0, 0.05) is 28.5 Å². The van der Waals surface area contributed by atoms with Crippen molar-refractivity contribution in [2.75, 3.05) is 27.7 Å². The SMILES string of the molecule is Cc1cc(=CCC(=O)O)[nH]c1=Cc1[nH]c(-c2ccccc2)cc1CCC[N+](C)(C)C. The molecule has 0 aliphatic heterocycles. The van der Waals surface area contributed by atoms with Crippen molar-refractivity contribution in [3.63, 3.8) is 0 Å². The van der Waals surface area contributed by atoms with Crippen LogP contribution in [-0.2, 0) is 11.2 Å². The average Bonchev–Trinajstić information content (AvgIpc) is 3.24. The number of carboxylic acids is 1. The molecule has 5 heteroatoms. The fraction of sp³-hybridized carbons (Fsp3) is 0.320. The molecule has 0 amide bonds. The van der Waals surface area contributed by atoms with Gasteiger partial charge in [0.2, 0.25) is 0 Å². The highest BCUT2D eigenvalue weighted by Gasteiger charge is 2.11. The summed E-state index contributed by atoms with van der Waals surface area (Å²) in [5, 5.41) is 10.8.